The predicted molar refractivity (Wildman–Crippen MR) is 100 cm³/mol. The lowest BCUT2D eigenvalue weighted by Crippen LogP contribution is -2.49. The molecule has 0 radical (unpaired) electrons. The summed E-state index contributed by atoms with van der Waals surface area (Å²) in [4.78, 5) is 29.8. The van der Waals surface area contributed by atoms with Gasteiger partial charge in [0, 0.05) is 37.5 Å². The number of likely N-dealkylation sites (tertiary alicyclic amines) is 2. The molecule has 0 spiro atoms. The van der Waals surface area contributed by atoms with Crippen LogP contribution in [0.5, 0.6) is 0 Å². The minimum atomic E-state index is -0.273. The van der Waals surface area contributed by atoms with Crippen LogP contribution >= 0.6 is 0 Å². The first kappa shape index (κ1) is 17.5. The Labute approximate surface area is 155 Å². The monoisotopic (exact) mass is 355 g/mol. The minimum Gasteiger partial charge on any atom is -0.339 e. The zero-order chi connectivity index (χ0) is 18.1. The van der Waals surface area contributed by atoms with E-state index in [0.717, 1.165) is 45.1 Å². The average molecular weight is 355 g/mol. The van der Waals surface area contributed by atoms with E-state index < -0.39 is 0 Å². The van der Waals surface area contributed by atoms with Gasteiger partial charge in [0.15, 0.2) is 0 Å². The number of benzene rings is 1. The van der Waals surface area contributed by atoms with Crippen molar-refractivity contribution in [1.82, 2.24) is 9.80 Å². The highest BCUT2D eigenvalue weighted by molar-refractivity contribution is 5.89. The van der Waals surface area contributed by atoms with Crippen LogP contribution in [0.2, 0.25) is 0 Å². The van der Waals surface area contributed by atoms with Crippen molar-refractivity contribution in [2.45, 2.75) is 56.5 Å². The zero-order valence-electron chi connectivity index (χ0n) is 15.3. The molecule has 3 fully saturated rings. The van der Waals surface area contributed by atoms with Gasteiger partial charge in [0.05, 0.1) is 0 Å². The molecule has 1 saturated carbocycles. The Morgan fingerprint density at radius 2 is 1.65 bits per heavy atom. The molecule has 5 nitrogen and oxygen atoms in total. The molecule has 2 heterocycles. The topological polar surface area (TPSA) is 66.6 Å². The van der Waals surface area contributed by atoms with Gasteiger partial charge < -0.3 is 15.5 Å². The van der Waals surface area contributed by atoms with E-state index >= 15 is 0 Å². The molecule has 4 rings (SSSR count). The standard InChI is InChI=1S/C21H29N3O2/c22-18-14-23(13-17(18)15-7-2-1-3-8-15)21(26)19-11-6-12-24(19)20(25)16-9-4-5-10-16/h1-3,7-8,16-19H,4-6,9-14,22H2/t17-,18+,19?/m0/s1. The maximum Gasteiger partial charge on any atom is 0.245 e. The predicted octanol–water partition coefficient (Wildman–Crippen LogP) is 2.12. The van der Waals surface area contributed by atoms with Gasteiger partial charge in [-0.3, -0.25) is 9.59 Å². The molecule has 0 bridgehead atoms. The van der Waals surface area contributed by atoms with Crippen molar-refractivity contribution in [1.29, 1.82) is 0 Å². The first-order chi connectivity index (χ1) is 12.6. The van der Waals surface area contributed by atoms with E-state index in [1.165, 1.54) is 5.56 Å². The summed E-state index contributed by atoms with van der Waals surface area (Å²) in [5, 5.41) is 0. The van der Waals surface area contributed by atoms with Gasteiger partial charge in [0.1, 0.15) is 6.04 Å². The van der Waals surface area contributed by atoms with Gasteiger partial charge in [-0.15, -0.1) is 0 Å². The Morgan fingerprint density at radius 3 is 2.38 bits per heavy atom. The van der Waals surface area contributed by atoms with E-state index in [1.807, 2.05) is 28.0 Å². The molecule has 1 aromatic carbocycles. The van der Waals surface area contributed by atoms with Gasteiger partial charge in [-0.25, -0.2) is 0 Å². The van der Waals surface area contributed by atoms with E-state index in [2.05, 4.69) is 12.1 Å². The first-order valence-corrected chi connectivity index (χ1v) is 10.0. The quantitative estimate of drug-likeness (QED) is 0.903. The van der Waals surface area contributed by atoms with Gasteiger partial charge in [0.2, 0.25) is 11.8 Å². The molecule has 0 aromatic heterocycles. The zero-order valence-corrected chi connectivity index (χ0v) is 15.3. The van der Waals surface area contributed by atoms with Crippen LogP contribution in [-0.4, -0.2) is 53.3 Å². The van der Waals surface area contributed by atoms with Crippen molar-refractivity contribution in [2.24, 2.45) is 11.7 Å². The average Bonchev–Trinajstić information content (AvgIpc) is 3.41. The molecule has 2 amide bonds. The van der Waals surface area contributed by atoms with Gasteiger partial charge >= 0.3 is 0 Å². The highest BCUT2D eigenvalue weighted by atomic mass is 16.2. The molecule has 2 aliphatic heterocycles. The summed E-state index contributed by atoms with van der Waals surface area (Å²) in [6.07, 6.45) is 5.98. The molecule has 3 atom stereocenters. The molecular formula is C21H29N3O2. The Kier molecular flexibility index (Phi) is 4.98. The van der Waals surface area contributed by atoms with E-state index in [0.29, 0.717) is 13.1 Å². The molecule has 140 valence electrons. The molecule has 1 unspecified atom stereocenters. The van der Waals surface area contributed by atoms with Crippen LogP contribution in [0.25, 0.3) is 0 Å². The molecule has 2 N–H and O–H groups in total. The Morgan fingerprint density at radius 1 is 0.923 bits per heavy atom. The van der Waals surface area contributed by atoms with Crippen molar-refractivity contribution < 1.29 is 9.59 Å². The van der Waals surface area contributed by atoms with Crippen molar-refractivity contribution in [2.75, 3.05) is 19.6 Å². The Hall–Kier alpha value is -1.88. The number of nitrogens with two attached hydrogens (primary N) is 1. The molecular weight excluding hydrogens is 326 g/mol. The van der Waals surface area contributed by atoms with Crippen LogP contribution in [0.15, 0.2) is 30.3 Å². The normalized spacial score (nSPS) is 29.5. The molecule has 3 aliphatic rings. The number of hydrogen-bond donors (Lipinski definition) is 1. The van der Waals surface area contributed by atoms with E-state index in [4.69, 9.17) is 5.73 Å². The maximum atomic E-state index is 13.2. The Balaban J connectivity index is 1.44. The third-order valence-corrected chi connectivity index (χ3v) is 6.43. The SMILES string of the molecule is N[C@@H]1CN(C(=O)C2CCCN2C(=O)C2CCCC2)C[C@H]1c1ccccc1. The van der Waals surface area contributed by atoms with Crippen molar-refractivity contribution >= 4 is 11.8 Å². The summed E-state index contributed by atoms with van der Waals surface area (Å²) >= 11 is 0. The third-order valence-electron chi connectivity index (χ3n) is 6.43. The second kappa shape index (κ2) is 7.39. The fourth-order valence-corrected chi connectivity index (χ4v) is 4.97. The summed E-state index contributed by atoms with van der Waals surface area (Å²) in [6.45, 7) is 1.97. The molecule has 26 heavy (non-hydrogen) atoms. The van der Waals surface area contributed by atoms with Gasteiger partial charge in [-0.2, -0.15) is 0 Å². The fraction of sp³-hybridized carbons (Fsp3) is 0.619. The van der Waals surface area contributed by atoms with Crippen molar-refractivity contribution in [3.63, 3.8) is 0 Å². The number of amides is 2. The van der Waals surface area contributed by atoms with Gasteiger partial charge in [-0.05, 0) is 31.2 Å². The van der Waals surface area contributed by atoms with Gasteiger partial charge in [-0.1, -0.05) is 43.2 Å². The van der Waals surface area contributed by atoms with Crippen LogP contribution < -0.4 is 5.73 Å². The molecule has 5 heteroatoms. The molecule has 1 aliphatic carbocycles. The number of nitrogens with zero attached hydrogens (tertiary/aromatic N) is 2. The van der Waals surface area contributed by atoms with Crippen LogP contribution in [0.4, 0.5) is 0 Å². The number of carbonyl (C=O) groups excluding carboxylic acids is 2. The summed E-state index contributed by atoms with van der Waals surface area (Å²) in [6, 6.07) is 9.90. The van der Waals surface area contributed by atoms with Crippen LogP contribution in [0, 0.1) is 5.92 Å². The third kappa shape index (κ3) is 3.25. The van der Waals surface area contributed by atoms with Crippen LogP contribution in [0.1, 0.15) is 50.0 Å². The van der Waals surface area contributed by atoms with E-state index in [1.54, 1.807) is 0 Å². The lowest BCUT2D eigenvalue weighted by molar-refractivity contribution is -0.145. The van der Waals surface area contributed by atoms with Crippen molar-refractivity contribution in [3.05, 3.63) is 35.9 Å². The highest BCUT2D eigenvalue weighted by Gasteiger charge is 2.42. The first-order valence-electron chi connectivity index (χ1n) is 10.0. The minimum absolute atomic E-state index is 0.0401. The highest BCUT2D eigenvalue weighted by Crippen LogP contribution is 2.32. The maximum absolute atomic E-state index is 13.2. The number of carbonyl (C=O) groups is 2. The number of rotatable bonds is 3. The van der Waals surface area contributed by atoms with Crippen LogP contribution in [0.3, 0.4) is 0 Å². The summed E-state index contributed by atoms with van der Waals surface area (Å²) in [5.41, 5.74) is 7.55. The summed E-state index contributed by atoms with van der Waals surface area (Å²) in [7, 11) is 0. The van der Waals surface area contributed by atoms with E-state index in [-0.39, 0.29) is 35.7 Å². The largest absolute Gasteiger partial charge is 0.339 e. The lowest BCUT2D eigenvalue weighted by Gasteiger charge is -2.29. The molecule has 1 aromatic rings. The number of hydrogen-bond acceptors (Lipinski definition) is 3. The fourth-order valence-electron chi connectivity index (χ4n) is 4.97. The molecule has 2 saturated heterocycles. The smallest absolute Gasteiger partial charge is 0.245 e. The Bertz CT molecular complexity index is 656. The second-order valence-corrected chi connectivity index (χ2v) is 8.10. The van der Waals surface area contributed by atoms with Gasteiger partial charge in [0.25, 0.3) is 0 Å². The van der Waals surface area contributed by atoms with Crippen LogP contribution in [-0.2, 0) is 9.59 Å². The summed E-state index contributed by atoms with van der Waals surface area (Å²) in [5.74, 6) is 0.631. The lowest BCUT2D eigenvalue weighted by atomic mass is 9.95. The summed E-state index contributed by atoms with van der Waals surface area (Å²) < 4.78 is 0. The van der Waals surface area contributed by atoms with E-state index in [9.17, 15) is 9.59 Å². The second-order valence-electron chi connectivity index (χ2n) is 8.10. The van der Waals surface area contributed by atoms with Crippen molar-refractivity contribution in [3.8, 4) is 0 Å².